The second-order valence-corrected chi connectivity index (χ2v) is 6.76. The minimum Gasteiger partial charge on any atom is -0.394 e. The van der Waals surface area contributed by atoms with E-state index in [0.717, 1.165) is 4.68 Å². The summed E-state index contributed by atoms with van der Waals surface area (Å²) in [6.45, 7) is 3.50. The van der Waals surface area contributed by atoms with Gasteiger partial charge in [-0.3, -0.25) is 4.79 Å². The summed E-state index contributed by atoms with van der Waals surface area (Å²) in [5, 5.41) is 13.4. The largest absolute Gasteiger partial charge is 0.394 e. The molecule has 0 aliphatic rings. The molecule has 0 fully saturated rings. The van der Waals surface area contributed by atoms with Crippen LogP contribution >= 0.6 is 11.6 Å². The average Bonchev–Trinajstić information content (AvgIpc) is 2.59. The van der Waals surface area contributed by atoms with Crippen LogP contribution in [0.3, 0.4) is 0 Å². The first kappa shape index (κ1) is 19.7. The predicted octanol–water partition coefficient (Wildman–Crippen LogP) is 2.64. The number of anilines is 1. The number of aromatic nitrogens is 3. The molecule has 3 rings (SSSR count). The molecule has 0 aliphatic heterocycles. The number of pyridine rings is 1. The van der Waals surface area contributed by atoms with Crippen LogP contribution in [0.1, 0.15) is 21.3 Å². The van der Waals surface area contributed by atoms with Crippen LogP contribution in [0.2, 0.25) is 5.02 Å². The Kier molecular flexibility index (Phi) is 5.53. The molecule has 0 saturated carbocycles. The van der Waals surface area contributed by atoms with E-state index in [-0.39, 0.29) is 25.6 Å². The van der Waals surface area contributed by atoms with Crippen LogP contribution in [0.5, 0.6) is 0 Å². The van der Waals surface area contributed by atoms with E-state index in [1.54, 1.807) is 50.4 Å². The quantitative estimate of drug-likeness (QED) is 0.605. The smallest absolute Gasteiger partial charge is 0.278 e. The lowest BCUT2D eigenvalue weighted by Gasteiger charge is -2.23. The Balaban J connectivity index is 0.00000243. The number of nitrogens with zero attached hydrogens (tertiary/aromatic N) is 3. The lowest BCUT2D eigenvalue weighted by atomic mass is 10.1. The van der Waals surface area contributed by atoms with Gasteiger partial charge in [-0.25, -0.2) is 9.66 Å². The van der Waals surface area contributed by atoms with Crippen LogP contribution in [-0.4, -0.2) is 31.9 Å². The third kappa shape index (κ3) is 3.63. The molecular formula is C18H22ClN5O2. The summed E-state index contributed by atoms with van der Waals surface area (Å²) in [5.41, 5.74) is 0.239. The van der Waals surface area contributed by atoms with Gasteiger partial charge in [0.1, 0.15) is 0 Å². The molecular weight excluding hydrogens is 354 g/mol. The van der Waals surface area contributed by atoms with E-state index in [1.807, 2.05) is 0 Å². The van der Waals surface area contributed by atoms with Gasteiger partial charge in [-0.2, -0.15) is 4.98 Å². The van der Waals surface area contributed by atoms with Gasteiger partial charge in [-0.15, -0.1) is 0 Å². The van der Waals surface area contributed by atoms with Crippen molar-refractivity contribution < 1.29 is 5.11 Å². The standard InChI is InChI=1S/C17H18ClN5O2.CH4/c1-17(2,9-24)22-16-20-8-10-7-12(11-5-3-4-6-13(11)18)15(25)23(19)14(10)21-16;/h3-8,24H,9,19H2,1-2H3,(H,20,21,22);1H4. The maximum absolute atomic E-state index is 12.6. The molecule has 0 amide bonds. The van der Waals surface area contributed by atoms with Crippen molar-refractivity contribution in [1.82, 2.24) is 14.6 Å². The first-order valence-corrected chi connectivity index (χ1v) is 8.02. The number of fused-ring (bicyclic) bond motifs is 1. The summed E-state index contributed by atoms with van der Waals surface area (Å²) < 4.78 is 0.979. The number of rotatable bonds is 4. The van der Waals surface area contributed by atoms with Crippen molar-refractivity contribution in [2.24, 2.45) is 0 Å². The highest BCUT2D eigenvalue weighted by Crippen LogP contribution is 2.26. The van der Waals surface area contributed by atoms with Crippen molar-refractivity contribution in [2.45, 2.75) is 26.8 Å². The van der Waals surface area contributed by atoms with E-state index >= 15 is 0 Å². The Morgan fingerprint density at radius 2 is 2.00 bits per heavy atom. The van der Waals surface area contributed by atoms with Crippen molar-refractivity contribution >= 4 is 28.6 Å². The second kappa shape index (κ2) is 7.31. The second-order valence-electron chi connectivity index (χ2n) is 6.35. The van der Waals surface area contributed by atoms with Gasteiger partial charge in [-0.05, 0) is 26.0 Å². The van der Waals surface area contributed by atoms with Crippen LogP contribution in [-0.2, 0) is 0 Å². The Morgan fingerprint density at radius 3 is 2.65 bits per heavy atom. The molecule has 1 aromatic carbocycles. The van der Waals surface area contributed by atoms with Gasteiger partial charge in [0.15, 0.2) is 5.65 Å². The first-order valence-electron chi connectivity index (χ1n) is 7.64. The molecule has 3 aromatic rings. The highest BCUT2D eigenvalue weighted by molar-refractivity contribution is 6.33. The van der Waals surface area contributed by atoms with Crippen molar-refractivity contribution in [2.75, 3.05) is 17.8 Å². The van der Waals surface area contributed by atoms with Crippen molar-refractivity contribution in [1.29, 1.82) is 0 Å². The number of nitrogens with one attached hydrogen (secondary N) is 1. The molecule has 2 aromatic heterocycles. The highest BCUT2D eigenvalue weighted by Gasteiger charge is 2.19. The Bertz CT molecular complexity index is 1000. The van der Waals surface area contributed by atoms with Gasteiger partial charge < -0.3 is 16.3 Å². The zero-order valence-electron chi connectivity index (χ0n) is 13.8. The van der Waals surface area contributed by atoms with Gasteiger partial charge in [-0.1, -0.05) is 37.2 Å². The van der Waals surface area contributed by atoms with Crippen LogP contribution < -0.4 is 16.7 Å². The van der Waals surface area contributed by atoms with E-state index in [9.17, 15) is 9.90 Å². The number of aliphatic hydroxyl groups is 1. The highest BCUT2D eigenvalue weighted by atomic mass is 35.5. The molecule has 8 heteroatoms. The summed E-state index contributed by atoms with van der Waals surface area (Å²) >= 11 is 6.19. The van der Waals surface area contributed by atoms with Crippen molar-refractivity contribution in [3.8, 4) is 11.1 Å². The number of nitrogen functional groups attached to an aromatic ring is 1. The first-order chi connectivity index (χ1) is 11.8. The van der Waals surface area contributed by atoms with E-state index in [1.165, 1.54) is 0 Å². The molecule has 0 aliphatic carbocycles. The molecule has 0 radical (unpaired) electrons. The number of halogens is 1. The molecule has 138 valence electrons. The molecule has 7 nitrogen and oxygen atoms in total. The van der Waals surface area contributed by atoms with Gasteiger partial charge in [0.05, 0.1) is 17.7 Å². The zero-order valence-corrected chi connectivity index (χ0v) is 14.6. The maximum Gasteiger partial charge on any atom is 0.278 e. The van der Waals surface area contributed by atoms with E-state index in [0.29, 0.717) is 21.5 Å². The van der Waals surface area contributed by atoms with Gasteiger partial charge in [0, 0.05) is 22.2 Å². The third-order valence-electron chi connectivity index (χ3n) is 3.78. The average molecular weight is 376 g/mol. The number of aliphatic hydroxyl groups excluding tert-OH is 1. The minimum atomic E-state index is -0.606. The maximum atomic E-state index is 12.6. The number of benzene rings is 1. The third-order valence-corrected chi connectivity index (χ3v) is 4.11. The molecule has 26 heavy (non-hydrogen) atoms. The Hall–Kier alpha value is -2.64. The van der Waals surface area contributed by atoms with Crippen LogP contribution in [0, 0.1) is 0 Å². The van der Waals surface area contributed by atoms with Gasteiger partial charge >= 0.3 is 0 Å². The molecule has 2 heterocycles. The summed E-state index contributed by atoms with van der Waals surface area (Å²) in [4.78, 5) is 21.2. The molecule has 4 N–H and O–H groups in total. The topological polar surface area (TPSA) is 106 Å². The summed E-state index contributed by atoms with van der Waals surface area (Å²) in [5.74, 6) is 6.24. The normalized spacial score (nSPS) is 11.2. The molecule has 0 unspecified atom stereocenters. The van der Waals surface area contributed by atoms with E-state index < -0.39 is 11.1 Å². The van der Waals surface area contributed by atoms with Crippen LogP contribution in [0.15, 0.2) is 41.3 Å². The van der Waals surface area contributed by atoms with Crippen molar-refractivity contribution in [3.05, 3.63) is 51.9 Å². The summed E-state index contributed by atoms with van der Waals surface area (Å²) in [6.07, 6.45) is 1.57. The van der Waals surface area contributed by atoms with E-state index in [2.05, 4.69) is 15.3 Å². The monoisotopic (exact) mass is 375 g/mol. The number of nitrogens with two attached hydrogens (primary N) is 1. The molecule has 0 atom stereocenters. The number of hydrogen-bond acceptors (Lipinski definition) is 6. The van der Waals surface area contributed by atoms with Gasteiger partial charge in [0.2, 0.25) is 5.95 Å². The zero-order chi connectivity index (χ0) is 18.2. The molecule has 0 spiro atoms. The van der Waals surface area contributed by atoms with E-state index in [4.69, 9.17) is 17.4 Å². The Labute approximate surface area is 156 Å². The molecule has 0 bridgehead atoms. The van der Waals surface area contributed by atoms with Gasteiger partial charge in [0.25, 0.3) is 5.56 Å². The minimum absolute atomic E-state index is 0. The fraction of sp³-hybridized carbons (Fsp3) is 0.278. The summed E-state index contributed by atoms with van der Waals surface area (Å²) in [6, 6.07) is 8.72. The fourth-order valence-corrected chi connectivity index (χ4v) is 2.63. The lowest BCUT2D eigenvalue weighted by molar-refractivity contribution is 0.233. The summed E-state index contributed by atoms with van der Waals surface area (Å²) in [7, 11) is 0. The lowest BCUT2D eigenvalue weighted by Crippen LogP contribution is -2.36. The van der Waals surface area contributed by atoms with Crippen LogP contribution in [0.25, 0.3) is 22.2 Å². The SMILES string of the molecule is C.CC(C)(CO)Nc1ncc2cc(-c3ccccc3Cl)c(=O)n(N)c2n1. The van der Waals surface area contributed by atoms with Crippen LogP contribution in [0.4, 0.5) is 5.95 Å². The Morgan fingerprint density at radius 1 is 1.31 bits per heavy atom. The predicted molar refractivity (Wildman–Crippen MR) is 106 cm³/mol. The fourth-order valence-electron chi connectivity index (χ4n) is 2.40. The molecule has 0 saturated heterocycles. The number of hydrogen-bond donors (Lipinski definition) is 3. The van der Waals surface area contributed by atoms with Crippen molar-refractivity contribution in [3.63, 3.8) is 0 Å².